The number of aliphatic imine (C=N–C) groups is 1. The van der Waals surface area contributed by atoms with E-state index in [0.717, 1.165) is 12.8 Å². The van der Waals surface area contributed by atoms with Crippen molar-refractivity contribution in [2.45, 2.75) is 65.3 Å². The molecule has 0 spiro atoms. The van der Waals surface area contributed by atoms with Crippen LogP contribution in [0.1, 0.15) is 59.3 Å². The SMILES string of the molecule is CCNC(=O)C(C)(C)CN=C(N)NC1CCCCCC1. The van der Waals surface area contributed by atoms with Gasteiger partial charge in [0, 0.05) is 12.6 Å². The van der Waals surface area contributed by atoms with E-state index in [0.29, 0.717) is 25.1 Å². The number of amides is 1. The van der Waals surface area contributed by atoms with Crippen molar-refractivity contribution in [3.8, 4) is 0 Å². The Morgan fingerprint density at radius 2 is 1.85 bits per heavy atom. The van der Waals surface area contributed by atoms with Crippen LogP contribution < -0.4 is 16.4 Å². The minimum Gasteiger partial charge on any atom is -0.370 e. The molecule has 0 bridgehead atoms. The van der Waals surface area contributed by atoms with Crippen molar-refractivity contribution in [1.82, 2.24) is 10.6 Å². The van der Waals surface area contributed by atoms with Crippen molar-refractivity contribution in [2.24, 2.45) is 16.1 Å². The van der Waals surface area contributed by atoms with Gasteiger partial charge in [-0.1, -0.05) is 25.7 Å². The molecule has 0 saturated heterocycles. The molecule has 0 heterocycles. The number of guanidine groups is 1. The van der Waals surface area contributed by atoms with Crippen LogP contribution in [-0.4, -0.2) is 31.0 Å². The zero-order chi connectivity index (χ0) is 15.0. The molecule has 5 heteroatoms. The van der Waals surface area contributed by atoms with Crippen LogP contribution in [0.4, 0.5) is 0 Å². The zero-order valence-electron chi connectivity index (χ0n) is 13.2. The summed E-state index contributed by atoms with van der Waals surface area (Å²) in [6.45, 7) is 6.74. The number of nitrogens with two attached hydrogens (primary N) is 1. The fourth-order valence-electron chi connectivity index (χ4n) is 2.43. The number of nitrogens with one attached hydrogen (secondary N) is 2. The Hall–Kier alpha value is -1.26. The molecule has 1 rings (SSSR count). The quantitative estimate of drug-likeness (QED) is 0.408. The summed E-state index contributed by atoms with van der Waals surface area (Å²) in [4.78, 5) is 16.2. The Kier molecular flexibility index (Phi) is 6.82. The van der Waals surface area contributed by atoms with Crippen LogP contribution in [0.15, 0.2) is 4.99 Å². The van der Waals surface area contributed by atoms with E-state index >= 15 is 0 Å². The van der Waals surface area contributed by atoms with Crippen LogP contribution >= 0.6 is 0 Å². The molecule has 20 heavy (non-hydrogen) atoms. The van der Waals surface area contributed by atoms with Crippen molar-refractivity contribution in [2.75, 3.05) is 13.1 Å². The second-order valence-electron chi connectivity index (χ2n) is 6.28. The Morgan fingerprint density at radius 3 is 2.40 bits per heavy atom. The molecule has 1 saturated carbocycles. The number of hydrogen-bond acceptors (Lipinski definition) is 2. The molecule has 5 nitrogen and oxygen atoms in total. The lowest BCUT2D eigenvalue weighted by molar-refractivity contribution is -0.128. The average Bonchev–Trinajstić information content (AvgIpc) is 2.65. The van der Waals surface area contributed by atoms with Crippen molar-refractivity contribution in [3.05, 3.63) is 0 Å². The van der Waals surface area contributed by atoms with Gasteiger partial charge in [0.15, 0.2) is 5.96 Å². The highest BCUT2D eigenvalue weighted by molar-refractivity contribution is 5.83. The lowest BCUT2D eigenvalue weighted by atomic mass is 9.92. The minimum atomic E-state index is -0.522. The van der Waals surface area contributed by atoms with Crippen LogP contribution in [-0.2, 0) is 4.79 Å². The normalized spacial score (nSPS) is 18.4. The van der Waals surface area contributed by atoms with Gasteiger partial charge >= 0.3 is 0 Å². The van der Waals surface area contributed by atoms with Gasteiger partial charge in [0.05, 0.1) is 12.0 Å². The molecule has 0 atom stereocenters. The van der Waals surface area contributed by atoms with Crippen LogP contribution in [0.2, 0.25) is 0 Å². The standard InChI is InChI=1S/C15H30N4O/c1-4-17-13(20)15(2,3)11-18-14(16)19-12-9-7-5-6-8-10-12/h12H,4-11H2,1-3H3,(H,17,20)(H3,16,18,19). The highest BCUT2D eigenvalue weighted by Gasteiger charge is 2.26. The number of carbonyl (C=O) groups excluding carboxylic acids is 1. The van der Waals surface area contributed by atoms with Gasteiger partial charge in [0.2, 0.25) is 5.91 Å². The lowest BCUT2D eigenvalue weighted by Gasteiger charge is -2.22. The third-order valence-corrected chi connectivity index (χ3v) is 3.80. The van der Waals surface area contributed by atoms with Crippen LogP contribution in [0, 0.1) is 5.41 Å². The van der Waals surface area contributed by atoms with Gasteiger partial charge in [0.1, 0.15) is 0 Å². The summed E-state index contributed by atoms with van der Waals surface area (Å²) in [5.74, 6) is 0.486. The highest BCUT2D eigenvalue weighted by Crippen LogP contribution is 2.17. The molecule has 1 fully saturated rings. The van der Waals surface area contributed by atoms with E-state index in [1.807, 2.05) is 20.8 Å². The van der Waals surface area contributed by atoms with Crippen molar-refractivity contribution in [3.63, 3.8) is 0 Å². The van der Waals surface area contributed by atoms with Crippen LogP contribution in [0.3, 0.4) is 0 Å². The van der Waals surface area contributed by atoms with Gasteiger partial charge in [0.25, 0.3) is 0 Å². The summed E-state index contributed by atoms with van der Waals surface area (Å²) in [7, 11) is 0. The van der Waals surface area contributed by atoms with Crippen LogP contribution in [0.25, 0.3) is 0 Å². The molecule has 1 amide bonds. The van der Waals surface area contributed by atoms with E-state index in [1.54, 1.807) is 0 Å². The first kappa shape index (κ1) is 16.8. The fraction of sp³-hybridized carbons (Fsp3) is 0.867. The number of carbonyl (C=O) groups is 1. The maximum absolute atomic E-state index is 11.9. The van der Waals surface area contributed by atoms with Gasteiger partial charge in [-0.05, 0) is 33.6 Å². The summed E-state index contributed by atoms with van der Waals surface area (Å²) < 4.78 is 0. The molecular weight excluding hydrogens is 252 g/mol. The maximum atomic E-state index is 11.9. The minimum absolute atomic E-state index is 0.0195. The number of nitrogens with zero attached hydrogens (tertiary/aromatic N) is 1. The summed E-state index contributed by atoms with van der Waals surface area (Å²) in [6, 6.07) is 0.439. The third kappa shape index (κ3) is 5.80. The van der Waals surface area contributed by atoms with Gasteiger partial charge in [-0.25, -0.2) is 0 Å². The van der Waals surface area contributed by atoms with E-state index in [4.69, 9.17) is 5.73 Å². The lowest BCUT2D eigenvalue weighted by Crippen LogP contribution is -2.42. The van der Waals surface area contributed by atoms with E-state index in [-0.39, 0.29) is 5.91 Å². The largest absolute Gasteiger partial charge is 0.370 e. The van der Waals surface area contributed by atoms with Gasteiger partial charge in [-0.3, -0.25) is 9.79 Å². The highest BCUT2D eigenvalue weighted by atomic mass is 16.2. The third-order valence-electron chi connectivity index (χ3n) is 3.80. The van der Waals surface area contributed by atoms with Crippen LogP contribution in [0.5, 0.6) is 0 Å². The molecule has 0 radical (unpaired) electrons. The first-order valence-corrected chi connectivity index (χ1v) is 7.80. The van der Waals surface area contributed by atoms with Crippen molar-refractivity contribution < 1.29 is 4.79 Å². The molecule has 1 aliphatic rings. The van der Waals surface area contributed by atoms with Gasteiger partial charge in [-0.2, -0.15) is 0 Å². The van der Waals surface area contributed by atoms with Gasteiger partial charge < -0.3 is 16.4 Å². The monoisotopic (exact) mass is 282 g/mol. The van der Waals surface area contributed by atoms with E-state index in [1.165, 1.54) is 25.7 Å². The molecule has 116 valence electrons. The van der Waals surface area contributed by atoms with E-state index in [9.17, 15) is 4.79 Å². The van der Waals surface area contributed by atoms with Crippen molar-refractivity contribution in [1.29, 1.82) is 0 Å². The summed E-state index contributed by atoms with van der Waals surface area (Å²) in [6.07, 6.45) is 7.48. The Bertz CT molecular complexity index is 331. The van der Waals surface area contributed by atoms with E-state index in [2.05, 4.69) is 15.6 Å². The number of hydrogen-bond donors (Lipinski definition) is 3. The van der Waals surface area contributed by atoms with Crippen molar-refractivity contribution >= 4 is 11.9 Å². The first-order valence-electron chi connectivity index (χ1n) is 7.80. The van der Waals surface area contributed by atoms with Gasteiger partial charge in [-0.15, -0.1) is 0 Å². The smallest absolute Gasteiger partial charge is 0.227 e. The van der Waals surface area contributed by atoms with E-state index < -0.39 is 5.41 Å². The Labute approximate surface area is 122 Å². The molecule has 0 aromatic carbocycles. The second-order valence-corrected chi connectivity index (χ2v) is 6.28. The maximum Gasteiger partial charge on any atom is 0.227 e. The molecule has 4 N–H and O–H groups in total. The first-order chi connectivity index (χ1) is 9.45. The summed E-state index contributed by atoms with van der Waals surface area (Å²) >= 11 is 0. The Balaban J connectivity index is 2.45. The average molecular weight is 282 g/mol. The predicted octanol–water partition coefficient (Wildman–Crippen LogP) is 1.78. The Morgan fingerprint density at radius 1 is 1.25 bits per heavy atom. The molecule has 0 aliphatic heterocycles. The molecule has 0 aromatic rings. The molecule has 0 unspecified atom stereocenters. The molecule has 1 aliphatic carbocycles. The molecule has 0 aromatic heterocycles. The summed E-state index contributed by atoms with van der Waals surface area (Å²) in [5, 5.41) is 6.13. The summed E-state index contributed by atoms with van der Waals surface area (Å²) in [5.41, 5.74) is 5.42. The number of rotatable bonds is 5. The predicted molar refractivity (Wildman–Crippen MR) is 83.6 cm³/mol. The molecular formula is C15H30N4O. The fourth-order valence-corrected chi connectivity index (χ4v) is 2.43. The second kappa shape index (κ2) is 8.12. The topological polar surface area (TPSA) is 79.5 Å². The zero-order valence-corrected chi connectivity index (χ0v) is 13.2.